The van der Waals surface area contributed by atoms with Gasteiger partial charge in [-0.05, 0) is 13.0 Å². The number of aliphatic hydroxyl groups excluding tert-OH is 1. The summed E-state index contributed by atoms with van der Waals surface area (Å²) in [7, 11) is 1.80. The highest BCUT2D eigenvalue weighted by molar-refractivity contribution is 5.75. The average Bonchev–Trinajstić information content (AvgIpc) is 2.14. The fourth-order valence-electron chi connectivity index (χ4n) is 1.06. The Hall–Kier alpha value is -1.07. The van der Waals surface area contributed by atoms with E-state index in [-0.39, 0.29) is 24.3 Å². The van der Waals surface area contributed by atoms with E-state index in [4.69, 9.17) is 15.6 Å². The number of hydrogen-bond donors (Lipinski definition) is 2. The number of hydrogen-bond acceptors (Lipinski definition) is 5. The SMILES string of the molecule is C=C(O)CN(C)CCOC(=O)[C@@H](N)C(C)C. The van der Waals surface area contributed by atoms with Crippen molar-refractivity contribution in [2.24, 2.45) is 11.7 Å². The maximum atomic E-state index is 11.4. The molecule has 0 bridgehead atoms. The van der Waals surface area contributed by atoms with Gasteiger partial charge in [0.05, 0.1) is 12.3 Å². The summed E-state index contributed by atoms with van der Waals surface area (Å²) in [6.45, 7) is 8.29. The number of rotatable bonds is 7. The Kier molecular flexibility index (Phi) is 6.76. The first-order valence-electron chi connectivity index (χ1n) is 5.32. The van der Waals surface area contributed by atoms with Crippen LogP contribution in [0.3, 0.4) is 0 Å². The minimum atomic E-state index is -0.571. The van der Waals surface area contributed by atoms with Gasteiger partial charge in [0.2, 0.25) is 0 Å². The molecule has 0 aliphatic rings. The summed E-state index contributed by atoms with van der Waals surface area (Å²) in [6.07, 6.45) is 0. The summed E-state index contributed by atoms with van der Waals surface area (Å²) in [4.78, 5) is 13.2. The highest BCUT2D eigenvalue weighted by Crippen LogP contribution is 2.00. The molecule has 0 aromatic heterocycles. The third-order valence-electron chi connectivity index (χ3n) is 2.16. The van der Waals surface area contributed by atoms with E-state index in [9.17, 15) is 4.79 Å². The Bertz CT molecular complexity index is 241. The number of carbonyl (C=O) groups excluding carboxylic acids is 1. The molecule has 0 aliphatic heterocycles. The Labute approximate surface area is 96.9 Å². The molecule has 16 heavy (non-hydrogen) atoms. The van der Waals surface area contributed by atoms with E-state index in [0.29, 0.717) is 13.1 Å². The maximum Gasteiger partial charge on any atom is 0.323 e. The van der Waals surface area contributed by atoms with Crippen molar-refractivity contribution in [1.82, 2.24) is 4.90 Å². The van der Waals surface area contributed by atoms with Crippen LogP contribution in [0.2, 0.25) is 0 Å². The van der Waals surface area contributed by atoms with Gasteiger partial charge < -0.3 is 15.6 Å². The molecule has 0 saturated heterocycles. The Balaban J connectivity index is 3.73. The van der Waals surface area contributed by atoms with Gasteiger partial charge in [0.15, 0.2) is 0 Å². The monoisotopic (exact) mass is 230 g/mol. The van der Waals surface area contributed by atoms with Crippen LogP contribution in [0.1, 0.15) is 13.8 Å². The lowest BCUT2D eigenvalue weighted by atomic mass is 10.1. The first-order chi connectivity index (χ1) is 7.34. The second-order valence-corrected chi connectivity index (χ2v) is 4.24. The molecule has 5 nitrogen and oxygen atoms in total. The van der Waals surface area contributed by atoms with Crippen LogP contribution in [0, 0.1) is 5.92 Å². The van der Waals surface area contributed by atoms with Gasteiger partial charge in [0, 0.05) is 6.54 Å². The molecule has 0 aromatic carbocycles. The fourth-order valence-corrected chi connectivity index (χ4v) is 1.06. The zero-order valence-electron chi connectivity index (χ0n) is 10.3. The molecule has 0 radical (unpaired) electrons. The average molecular weight is 230 g/mol. The number of nitrogens with zero attached hydrogens (tertiary/aromatic N) is 1. The number of ether oxygens (including phenoxy) is 1. The lowest BCUT2D eigenvalue weighted by molar-refractivity contribution is -0.146. The quantitative estimate of drug-likeness (QED) is 0.492. The van der Waals surface area contributed by atoms with Crippen molar-refractivity contribution in [3.05, 3.63) is 12.3 Å². The summed E-state index contributed by atoms with van der Waals surface area (Å²) in [6, 6.07) is -0.571. The highest BCUT2D eigenvalue weighted by atomic mass is 16.5. The molecule has 0 heterocycles. The van der Waals surface area contributed by atoms with Gasteiger partial charge >= 0.3 is 5.97 Å². The van der Waals surface area contributed by atoms with Crippen molar-refractivity contribution in [2.45, 2.75) is 19.9 Å². The number of esters is 1. The second-order valence-electron chi connectivity index (χ2n) is 4.24. The van der Waals surface area contributed by atoms with Gasteiger partial charge in [-0.2, -0.15) is 0 Å². The molecule has 0 aromatic rings. The largest absolute Gasteiger partial charge is 0.512 e. The van der Waals surface area contributed by atoms with E-state index in [1.807, 2.05) is 13.8 Å². The molecule has 0 rings (SSSR count). The Morgan fingerprint density at radius 2 is 2.12 bits per heavy atom. The number of aliphatic hydroxyl groups is 1. The summed E-state index contributed by atoms with van der Waals surface area (Å²) in [5.41, 5.74) is 5.62. The van der Waals surface area contributed by atoms with Crippen LogP contribution in [-0.4, -0.2) is 48.8 Å². The molecule has 0 amide bonds. The smallest absolute Gasteiger partial charge is 0.323 e. The standard InChI is InChI=1S/C11H22N2O3/c1-8(2)10(12)11(15)16-6-5-13(4)7-9(3)14/h8,10,14H,3,5-7,12H2,1-2,4H3/t10-/m0/s1. The van der Waals surface area contributed by atoms with Crippen molar-refractivity contribution in [3.63, 3.8) is 0 Å². The van der Waals surface area contributed by atoms with E-state index >= 15 is 0 Å². The van der Waals surface area contributed by atoms with Gasteiger partial charge in [-0.3, -0.25) is 9.69 Å². The molecule has 0 aliphatic carbocycles. The third-order valence-corrected chi connectivity index (χ3v) is 2.16. The topological polar surface area (TPSA) is 75.8 Å². The minimum Gasteiger partial charge on any atom is -0.512 e. The molecule has 0 saturated carbocycles. The predicted octanol–water partition coefficient (Wildman–Crippen LogP) is 0.516. The van der Waals surface area contributed by atoms with Crippen LogP contribution in [0.4, 0.5) is 0 Å². The van der Waals surface area contributed by atoms with Crippen LogP contribution in [0.15, 0.2) is 12.3 Å². The Morgan fingerprint density at radius 1 is 1.56 bits per heavy atom. The van der Waals surface area contributed by atoms with Crippen LogP contribution in [0.25, 0.3) is 0 Å². The lowest BCUT2D eigenvalue weighted by Gasteiger charge is -2.18. The summed E-state index contributed by atoms with van der Waals surface area (Å²) >= 11 is 0. The number of likely N-dealkylation sites (N-methyl/N-ethyl adjacent to an activating group) is 1. The zero-order valence-corrected chi connectivity index (χ0v) is 10.3. The van der Waals surface area contributed by atoms with Crippen LogP contribution in [0.5, 0.6) is 0 Å². The molecule has 0 spiro atoms. The van der Waals surface area contributed by atoms with Crippen LogP contribution in [-0.2, 0) is 9.53 Å². The molecular formula is C11H22N2O3. The van der Waals surface area contributed by atoms with Gasteiger partial charge in [0.1, 0.15) is 12.6 Å². The van der Waals surface area contributed by atoms with Crippen molar-refractivity contribution in [2.75, 3.05) is 26.7 Å². The van der Waals surface area contributed by atoms with E-state index in [0.717, 1.165) is 0 Å². The maximum absolute atomic E-state index is 11.4. The lowest BCUT2D eigenvalue weighted by Crippen LogP contribution is -2.38. The van der Waals surface area contributed by atoms with Gasteiger partial charge in [-0.1, -0.05) is 20.4 Å². The number of carbonyl (C=O) groups is 1. The van der Waals surface area contributed by atoms with Gasteiger partial charge in [0.25, 0.3) is 0 Å². The first-order valence-corrected chi connectivity index (χ1v) is 5.32. The van der Waals surface area contributed by atoms with Crippen LogP contribution >= 0.6 is 0 Å². The molecule has 0 unspecified atom stereocenters. The van der Waals surface area contributed by atoms with Gasteiger partial charge in [-0.15, -0.1) is 0 Å². The minimum absolute atomic E-state index is 0.0717. The summed E-state index contributed by atoms with van der Waals surface area (Å²) in [5, 5.41) is 8.93. The predicted molar refractivity (Wildman–Crippen MR) is 63.0 cm³/mol. The Morgan fingerprint density at radius 3 is 2.56 bits per heavy atom. The molecule has 1 atom stereocenters. The van der Waals surface area contributed by atoms with E-state index < -0.39 is 6.04 Å². The second kappa shape index (κ2) is 7.24. The summed E-state index contributed by atoms with van der Waals surface area (Å²) < 4.78 is 5.00. The molecule has 3 N–H and O–H groups in total. The molecule has 0 fully saturated rings. The summed E-state index contributed by atoms with van der Waals surface area (Å²) in [5.74, 6) is -0.221. The normalized spacial score (nSPS) is 12.9. The van der Waals surface area contributed by atoms with E-state index in [1.165, 1.54) is 0 Å². The van der Waals surface area contributed by atoms with Crippen molar-refractivity contribution < 1.29 is 14.6 Å². The molecular weight excluding hydrogens is 208 g/mol. The third kappa shape index (κ3) is 6.42. The molecule has 5 heteroatoms. The van der Waals surface area contributed by atoms with E-state index in [1.54, 1.807) is 11.9 Å². The van der Waals surface area contributed by atoms with Crippen molar-refractivity contribution >= 4 is 5.97 Å². The van der Waals surface area contributed by atoms with Gasteiger partial charge in [-0.25, -0.2) is 0 Å². The van der Waals surface area contributed by atoms with Crippen molar-refractivity contribution in [3.8, 4) is 0 Å². The van der Waals surface area contributed by atoms with Crippen LogP contribution < -0.4 is 5.73 Å². The van der Waals surface area contributed by atoms with Crippen molar-refractivity contribution in [1.29, 1.82) is 0 Å². The molecule has 94 valence electrons. The fraction of sp³-hybridized carbons (Fsp3) is 0.727. The number of nitrogens with two attached hydrogens (primary N) is 1. The van der Waals surface area contributed by atoms with E-state index in [2.05, 4.69) is 6.58 Å². The first kappa shape index (κ1) is 14.9. The highest BCUT2D eigenvalue weighted by Gasteiger charge is 2.18. The zero-order chi connectivity index (χ0) is 12.7.